The van der Waals surface area contributed by atoms with Gasteiger partial charge >= 0.3 is 5.97 Å². The van der Waals surface area contributed by atoms with E-state index < -0.39 is 5.97 Å². The minimum atomic E-state index is -0.445. The SMILES string of the molecule is CC(=O)Oc1cc(O)cc(OCc2ccccc2)c1. The molecule has 0 atom stereocenters. The third-order valence-corrected chi connectivity index (χ3v) is 2.37. The van der Waals surface area contributed by atoms with Gasteiger partial charge in [0, 0.05) is 25.1 Å². The molecule has 19 heavy (non-hydrogen) atoms. The Bertz CT molecular complexity index is 564. The maximum atomic E-state index is 10.9. The summed E-state index contributed by atoms with van der Waals surface area (Å²) in [6.45, 7) is 1.68. The molecule has 0 bridgehead atoms. The lowest BCUT2D eigenvalue weighted by molar-refractivity contribution is -0.131. The van der Waals surface area contributed by atoms with Gasteiger partial charge in [0.05, 0.1) is 0 Å². The summed E-state index contributed by atoms with van der Waals surface area (Å²) in [4.78, 5) is 10.9. The van der Waals surface area contributed by atoms with Crippen LogP contribution in [0, 0.1) is 0 Å². The van der Waals surface area contributed by atoms with Crippen LogP contribution in [0.5, 0.6) is 17.2 Å². The highest BCUT2D eigenvalue weighted by Gasteiger charge is 2.05. The van der Waals surface area contributed by atoms with Crippen LogP contribution < -0.4 is 9.47 Å². The summed E-state index contributed by atoms with van der Waals surface area (Å²) < 4.78 is 10.5. The van der Waals surface area contributed by atoms with E-state index in [1.54, 1.807) is 6.07 Å². The smallest absolute Gasteiger partial charge is 0.308 e. The Hall–Kier alpha value is -2.49. The van der Waals surface area contributed by atoms with Crippen molar-refractivity contribution in [3.05, 3.63) is 54.1 Å². The molecular formula is C15H14O4. The average Bonchev–Trinajstić information content (AvgIpc) is 2.36. The number of hydrogen-bond acceptors (Lipinski definition) is 4. The van der Waals surface area contributed by atoms with Gasteiger partial charge in [-0.3, -0.25) is 4.79 Å². The van der Waals surface area contributed by atoms with Crippen LogP contribution in [0.25, 0.3) is 0 Å². The van der Waals surface area contributed by atoms with Crippen LogP contribution in [0.4, 0.5) is 0 Å². The molecule has 0 aromatic heterocycles. The van der Waals surface area contributed by atoms with Gasteiger partial charge in [0.15, 0.2) is 0 Å². The van der Waals surface area contributed by atoms with E-state index in [4.69, 9.17) is 9.47 Å². The van der Waals surface area contributed by atoms with Crippen molar-refractivity contribution in [2.75, 3.05) is 0 Å². The summed E-state index contributed by atoms with van der Waals surface area (Å²) in [5, 5.41) is 9.53. The van der Waals surface area contributed by atoms with Crippen molar-refractivity contribution in [3.8, 4) is 17.2 Å². The second-order valence-corrected chi connectivity index (χ2v) is 4.03. The molecule has 0 radical (unpaired) electrons. The number of rotatable bonds is 4. The van der Waals surface area contributed by atoms with Gasteiger partial charge in [-0.05, 0) is 5.56 Å². The van der Waals surface area contributed by atoms with E-state index in [-0.39, 0.29) is 11.5 Å². The molecule has 0 amide bonds. The molecule has 4 nitrogen and oxygen atoms in total. The van der Waals surface area contributed by atoms with Crippen molar-refractivity contribution in [2.24, 2.45) is 0 Å². The lowest BCUT2D eigenvalue weighted by Gasteiger charge is -2.09. The first-order valence-corrected chi connectivity index (χ1v) is 5.83. The minimum Gasteiger partial charge on any atom is -0.508 e. The highest BCUT2D eigenvalue weighted by Crippen LogP contribution is 2.27. The average molecular weight is 258 g/mol. The van der Waals surface area contributed by atoms with Crippen molar-refractivity contribution < 1.29 is 19.4 Å². The molecule has 0 aliphatic carbocycles. The zero-order valence-electron chi connectivity index (χ0n) is 10.5. The molecule has 2 rings (SSSR count). The van der Waals surface area contributed by atoms with Gasteiger partial charge in [-0.2, -0.15) is 0 Å². The van der Waals surface area contributed by atoms with E-state index >= 15 is 0 Å². The first-order valence-electron chi connectivity index (χ1n) is 5.83. The van der Waals surface area contributed by atoms with Crippen LogP contribution in [0.3, 0.4) is 0 Å². The molecule has 0 saturated carbocycles. The molecular weight excluding hydrogens is 244 g/mol. The van der Waals surface area contributed by atoms with E-state index in [2.05, 4.69) is 0 Å². The fourth-order valence-electron chi connectivity index (χ4n) is 1.61. The summed E-state index contributed by atoms with van der Waals surface area (Å²) in [5.74, 6) is 0.247. The topological polar surface area (TPSA) is 55.8 Å². The molecule has 0 unspecified atom stereocenters. The highest BCUT2D eigenvalue weighted by molar-refractivity contribution is 5.69. The maximum Gasteiger partial charge on any atom is 0.308 e. The van der Waals surface area contributed by atoms with E-state index in [1.807, 2.05) is 30.3 Å². The highest BCUT2D eigenvalue weighted by atomic mass is 16.5. The molecule has 2 aromatic carbocycles. The number of aromatic hydroxyl groups is 1. The Morgan fingerprint density at radius 1 is 1.11 bits per heavy atom. The van der Waals surface area contributed by atoms with Crippen LogP contribution in [0.1, 0.15) is 12.5 Å². The van der Waals surface area contributed by atoms with Gasteiger partial charge in [-0.25, -0.2) is 0 Å². The van der Waals surface area contributed by atoms with Crippen molar-refractivity contribution in [1.82, 2.24) is 0 Å². The molecule has 0 spiro atoms. The fraction of sp³-hybridized carbons (Fsp3) is 0.133. The molecule has 0 aliphatic heterocycles. The van der Waals surface area contributed by atoms with E-state index in [0.717, 1.165) is 5.56 Å². The van der Waals surface area contributed by atoms with Crippen LogP contribution in [-0.2, 0) is 11.4 Å². The summed E-state index contributed by atoms with van der Waals surface area (Å²) in [6.07, 6.45) is 0. The van der Waals surface area contributed by atoms with E-state index in [0.29, 0.717) is 12.4 Å². The summed E-state index contributed by atoms with van der Waals surface area (Å²) in [7, 11) is 0. The lowest BCUT2D eigenvalue weighted by atomic mass is 10.2. The second kappa shape index (κ2) is 5.91. The number of carbonyl (C=O) groups is 1. The van der Waals surface area contributed by atoms with Crippen LogP contribution in [-0.4, -0.2) is 11.1 Å². The Kier molecular flexibility index (Phi) is 4.03. The molecule has 98 valence electrons. The summed E-state index contributed by atoms with van der Waals surface area (Å²) >= 11 is 0. The van der Waals surface area contributed by atoms with Gasteiger partial charge in [0.1, 0.15) is 23.9 Å². The first kappa shape index (κ1) is 13.0. The maximum absolute atomic E-state index is 10.9. The normalized spacial score (nSPS) is 9.95. The number of hydrogen-bond donors (Lipinski definition) is 1. The van der Waals surface area contributed by atoms with Gasteiger partial charge in [-0.1, -0.05) is 30.3 Å². The summed E-state index contributed by atoms with van der Waals surface area (Å²) in [5.41, 5.74) is 1.01. The minimum absolute atomic E-state index is 0.0122. The molecule has 1 N–H and O–H groups in total. The number of ether oxygens (including phenoxy) is 2. The standard InChI is InChI=1S/C15H14O4/c1-11(16)19-15-8-13(17)7-14(9-15)18-10-12-5-3-2-4-6-12/h2-9,17H,10H2,1H3. The lowest BCUT2D eigenvalue weighted by Crippen LogP contribution is -2.02. The van der Waals surface area contributed by atoms with Gasteiger partial charge in [-0.15, -0.1) is 0 Å². The van der Waals surface area contributed by atoms with Gasteiger partial charge in [0.25, 0.3) is 0 Å². The number of carbonyl (C=O) groups excluding carboxylic acids is 1. The second-order valence-electron chi connectivity index (χ2n) is 4.03. The Labute approximate surface area is 111 Å². The fourth-order valence-corrected chi connectivity index (χ4v) is 1.61. The van der Waals surface area contributed by atoms with Crippen molar-refractivity contribution >= 4 is 5.97 Å². The molecule has 4 heteroatoms. The summed E-state index contributed by atoms with van der Waals surface area (Å²) in [6, 6.07) is 14.0. The molecule has 2 aromatic rings. The number of phenolic OH excluding ortho intramolecular Hbond substituents is 1. The number of esters is 1. The van der Waals surface area contributed by atoms with Gasteiger partial charge < -0.3 is 14.6 Å². The number of phenols is 1. The van der Waals surface area contributed by atoms with E-state index in [1.165, 1.54) is 19.1 Å². The number of benzene rings is 2. The third kappa shape index (κ3) is 4.03. The molecule has 0 saturated heterocycles. The molecule has 0 aliphatic rings. The van der Waals surface area contributed by atoms with Crippen LogP contribution >= 0.6 is 0 Å². The van der Waals surface area contributed by atoms with Crippen LogP contribution in [0.2, 0.25) is 0 Å². The molecule has 0 fully saturated rings. The zero-order chi connectivity index (χ0) is 13.7. The van der Waals surface area contributed by atoms with Crippen molar-refractivity contribution in [3.63, 3.8) is 0 Å². The Morgan fingerprint density at radius 3 is 2.47 bits per heavy atom. The van der Waals surface area contributed by atoms with Gasteiger partial charge in [0.2, 0.25) is 0 Å². The van der Waals surface area contributed by atoms with E-state index in [9.17, 15) is 9.90 Å². The Balaban J connectivity index is 2.07. The Morgan fingerprint density at radius 2 is 1.79 bits per heavy atom. The molecule has 0 heterocycles. The monoisotopic (exact) mass is 258 g/mol. The third-order valence-electron chi connectivity index (χ3n) is 2.37. The van der Waals surface area contributed by atoms with Crippen LogP contribution in [0.15, 0.2) is 48.5 Å². The van der Waals surface area contributed by atoms with Crippen molar-refractivity contribution in [2.45, 2.75) is 13.5 Å². The predicted octanol–water partition coefficient (Wildman–Crippen LogP) is 2.90. The quantitative estimate of drug-likeness (QED) is 0.676. The van der Waals surface area contributed by atoms with Crippen molar-refractivity contribution in [1.29, 1.82) is 0 Å². The largest absolute Gasteiger partial charge is 0.508 e. The zero-order valence-corrected chi connectivity index (χ0v) is 10.5. The first-order chi connectivity index (χ1) is 9.13. The predicted molar refractivity (Wildman–Crippen MR) is 70.2 cm³/mol.